The van der Waals surface area contributed by atoms with Crippen molar-refractivity contribution in [1.82, 2.24) is 13.9 Å². The first-order valence-corrected chi connectivity index (χ1v) is 6.50. The molecule has 1 aromatic heterocycles. The lowest BCUT2D eigenvalue weighted by atomic mass is 10.1. The summed E-state index contributed by atoms with van der Waals surface area (Å²) in [6, 6.07) is 0. The molecule has 1 aliphatic heterocycles. The minimum atomic E-state index is -3.46. The number of hydrogen-bond acceptors (Lipinski definition) is 4. The van der Waals surface area contributed by atoms with Crippen molar-refractivity contribution in [3.63, 3.8) is 0 Å². The quantitative estimate of drug-likeness (QED) is 0.767. The molecule has 0 aliphatic carbocycles. The molecular formula is C9H15N3O3S. The van der Waals surface area contributed by atoms with Crippen LogP contribution in [0.4, 0.5) is 0 Å². The molecule has 0 unspecified atom stereocenters. The summed E-state index contributed by atoms with van der Waals surface area (Å²) in [6.07, 6.45) is 1.51. The second-order valence-electron chi connectivity index (χ2n) is 4.11. The molecule has 0 atom stereocenters. The van der Waals surface area contributed by atoms with E-state index >= 15 is 0 Å². The monoisotopic (exact) mass is 245 g/mol. The average molecular weight is 245 g/mol. The van der Waals surface area contributed by atoms with Gasteiger partial charge in [-0.15, -0.1) is 0 Å². The summed E-state index contributed by atoms with van der Waals surface area (Å²) in [5.74, 6) is 0.734. The molecule has 90 valence electrons. The Labute approximate surface area is 94.6 Å². The normalized spacial score (nSPS) is 18.7. The molecule has 1 saturated heterocycles. The third kappa shape index (κ3) is 1.74. The van der Waals surface area contributed by atoms with Gasteiger partial charge in [0.25, 0.3) is 10.0 Å². The van der Waals surface area contributed by atoms with Gasteiger partial charge in [-0.25, -0.2) is 13.4 Å². The largest absolute Gasteiger partial charge is 0.396 e. The van der Waals surface area contributed by atoms with Gasteiger partial charge in [0.05, 0.1) is 0 Å². The average Bonchev–Trinajstić information content (AvgIpc) is 2.45. The second-order valence-corrected chi connectivity index (χ2v) is 5.99. The van der Waals surface area contributed by atoms with Crippen molar-refractivity contribution in [3.8, 4) is 0 Å². The van der Waals surface area contributed by atoms with E-state index in [0.717, 1.165) is 0 Å². The van der Waals surface area contributed by atoms with Crippen LogP contribution in [0.2, 0.25) is 0 Å². The Morgan fingerprint density at radius 2 is 2.19 bits per heavy atom. The van der Waals surface area contributed by atoms with Crippen molar-refractivity contribution >= 4 is 10.0 Å². The number of hydrogen-bond donors (Lipinski definition) is 1. The molecule has 2 heterocycles. The molecule has 1 aromatic rings. The maximum Gasteiger partial charge on any atom is 0.262 e. The maximum atomic E-state index is 12.0. The molecule has 0 amide bonds. The SMILES string of the molecule is Cc1nc(S(=O)(=O)N2CC(CO)C2)cn1C. The highest BCUT2D eigenvalue weighted by Gasteiger charge is 2.37. The molecule has 0 aromatic carbocycles. The molecule has 1 aliphatic rings. The smallest absolute Gasteiger partial charge is 0.262 e. The summed E-state index contributed by atoms with van der Waals surface area (Å²) in [7, 11) is -1.70. The molecule has 0 bridgehead atoms. The van der Waals surface area contributed by atoms with Gasteiger partial charge in [0.15, 0.2) is 5.03 Å². The molecule has 7 heteroatoms. The molecule has 6 nitrogen and oxygen atoms in total. The van der Waals surface area contributed by atoms with Crippen molar-refractivity contribution in [2.45, 2.75) is 11.9 Å². The standard InChI is InChI=1S/C9H15N3O3S/c1-7-10-9(5-11(7)2)16(14,15)12-3-8(4-12)6-13/h5,8,13H,3-4,6H2,1-2H3. The van der Waals surface area contributed by atoms with E-state index in [9.17, 15) is 8.42 Å². The Hall–Kier alpha value is -0.920. The van der Waals surface area contributed by atoms with Crippen LogP contribution in [0, 0.1) is 12.8 Å². The van der Waals surface area contributed by atoms with Crippen molar-refractivity contribution in [2.75, 3.05) is 19.7 Å². The van der Waals surface area contributed by atoms with Crippen molar-refractivity contribution in [1.29, 1.82) is 0 Å². The Bertz CT molecular complexity index is 469. The van der Waals surface area contributed by atoms with Gasteiger partial charge < -0.3 is 9.67 Å². The van der Waals surface area contributed by atoms with Gasteiger partial charge in [-0.05, 0) is 6.92 Å². The zero-order valence-corrected chi connectivity index (χ0v) is 10.1. The van der Waals surface area contributed by atoms with Crippen LogP contribution in [0.15, 0.2) is 11.2 Å². The molecule has 0 saturated carbocycles. The van der Waals surface area contributed by atoms with Crippen LogP contribution >= 0.6 is 0 Å². The Kier molecular flexibility index (Phi) is 2.77. The first kappa shape index (κ1) is 11.6. The highest BCUT2D eigenvalue weighted by molar-refractivity contribution is 7.89. The Balaban J connectivity index is 2.20. The van der Waals surface area contributed by atoms with Gasteiger partial charge >= 0.3 is 0 Å². The summed E-state index contributed by atoms with van der Waals surface area (Å²) in [5.41, 5.74) is 0. The van der Waals surface area contributed by atoms with E-state index in [-0.39, 0.29) is 17.6 Å². The van der Waals surface area contributed by atoms with Crippen LogP contribution < -0.4 is 0 Å². The van der Waals surface area contributed by atoms with E-state index in [4.69, 9.17) is 5.11 Å². The Morgan fingerprint density at radius 3 is 2.62 bits per heavy atom. The molecule has 16 heavy (non-hydrogen) atoms. The first-order chi connectivity index (χ1) is 7.45. The van der Waals surface area contributed by atoms with Crippen LogP contribution in [0.5, 0.6) is 0 Å². The number of aliphatic hydroxyl groups excluding tert-OH is 1. The van der Waals surface area contributed by atoms with Crippen molar-refractivity contribution < 1.29 is 13.5 Å². The van der Waals surface area contributed by atoms with Gasteiger partial charge in [0.1, 0.15) is 5.82 Å². The predicted octanol–water partition coefficient (Wildman–Crippen LogP) is -0.659. The lowest BCUT2D eigenvalue weighted by Gasteiger charge is -2.36. The molecule has 1 fully saturated rings. The van der Waals surface area contributed by atoms with Crippen molar-refractivity contribution in [3.05, 3.63) is 12.0 Å². The summed E-state index contributed by atoms with van der Waals surface area (Å²) < 4.78 is 27.0. The van der Waals surface area contributed by atoms with E-state index in [0.29, 0.717) is 18.9 Å². The van der Waals surface area contributed by atoms with Crippen LogP contribution in [-0.2, 0) is 17.1 Å². The number of nitrogens with zero attached hydrogens (tertiary/aromatic N) is 3. The number of rotatable bonds is 3. The zero-order valence-electron chi connectivity index (χ0n) is 9.29. The topological polar surface area (TPSA) is 75.4 Å². The van der Waals surface area contributed by atoms with Crippen LogP contribution in [0.3, 0.4) is 0 Å². The van der Waals surface area contributed by atoms with Gasteiger partial charge in [0.2, 0.25) is 0 Å². The lowest BCUT2D eigenvalue weighted by molar-refractivity contribution is 0.117. The highest BCUT2D eigenvalue weighted by Crippen LogP contribution is 2.23. The highest BCUT2D eigenvalue weighted by atomic mass is 32.2. The number of sulfonamides is 1. The van der Waals surface area contributed by atoms with Crippen LogP contribution in [-0.4, -0.2) is 47.1 Å². The molecule has 0 radical (unpaired) electrons. The minimum Gasteiger partial charge on any atom is -0.396 e. The van der Waals surface area contributed by atoms with Gasteiger partial charge in [-0.1, -0.05) is 0 Å². The van der Waals surface area contributed by atoms with Crippen LogP contribution in [0.1, 0.15) is 5.82 Å². The second kappa shape index (κ2) is 3.83. The van der Waals surface area contributed by atoms with E-state index in [1.807, 2.05) is 0 Å². The summed E-state index contributed by atoms with van der Waals surface area (Å²) in [4.78, 5) is 4.01. The fourth-order valence-electron chi connectivity index (χ4n) is 1.62. The third-order valence-corrected chi connectivity index (χ3v) is 4.58. The third-order valence-electron chi connectivity index (χ3n) is 2.87. The van der Waals surface area contributed by atoms with Crippen molar-refractivity contribution in [2.24, 2.45) is 13.0 Å². The summed E-state index contributed by atoms with van der Waals surface area (Å²) in [5, 5.41) is 8.93. The van der Waals surface area contributed by atoms with E-state index < -0.39 is 10.0 Å². The number of aromatic nitrogens is 2. The first-order valence-electron chi connectivity index (χ1n) is 5.06. The maximum absolute atomic E-state index is 12.0. The number of imidazole rings is 1. The lowest BCUT2D eigenvalue weighted by Crippen LogP contribution is -2.51. The number of aliphatic hydroxyl groups is 1. The molecular weight excluding hydrogens is 230 g/mol. The molecule has 1 N–H and O–H groups in total. The fraction of sp³-hybridized carbons (Fsp3) is 0.667. The Morgan fingerprint density at radius 1 is 1.56 bits per heavy atom. The van der Waals surface area contributed by atoms with E-state index in [2.05, 4.69) is 4.98 Å². The summed E-state index contributed by atoms with van der Waals surface area (Å²) >= 11 is 0. The minimum absolute atomic E-state index is 0.0350. The van der Waals surface area contributed by atoms with Crippen LogP contribution in [0.25, 0.3) is 0 Å². The fourth-order valence-corrected chi connectivity index (χ4v) is 3.23. The van der Waals surface area contributed by atoms with E-state index in [1.165, 1.54) is 10.5 Å². The molecule has 2 rings (SSSR count). The molecule has 0 spiro atoms. The van der Waals surface area contributed by atoms with Gasteiger partial charge in [-0.2, -0.15) is 4.31 Å². The van der Waals surface area contributed by atoms with Gasteiger partial charge in [0, 0.05) is 38.9 Å². The predicted molar refractivity (Wildman–Crippen MR) is 57.3 cm³/mol. The van der Waals surface area contributed by atoms with Gasteiger partial charge in [-0.3, -0.25) is 0 Å². The van der Waals surface area contributed by atoms with E-state index in [1.54, 1.807) is 18.5 Å². The summed E-state index contributed by atoms with van der Waals surface area (Å²) in [6.45, 7) is 2.56. The zero-order chi connectivity index (χ0) is 11.9. The number of aryl methyl sites for hydroxylation is 2.